The average Bonchev–Trinajstić information content (AvgIpc) is 2.63. The smallest absolute Gasteiger partial charge is 0.330 e. The molecule has 0 aliphatic heterocycles. The highest BCUT2D eigenvalue weighted by atomic mass is 16.5. The maximum Gasteiger partial charge on any atom is 0.330 e. The molecular weight excluding hydrogens is 310 g/mol. The third-order valence-corrected chi connectivity index (χ3v) is 4.31. The van der Waals surface area contributed by atoms with Gasteiger partial charge in [0, 0.05) is 24.1 Å². The number of carbonyl (C=O) groups excluding carboxylic acids is 1. The Kier molecular flexibility index (Phi) is 12.6. The van der Waals surface area contributed by atoms with E-state index in [1.165, 1.54) is 57.4 Å². The molecule has 0 aliphatic carbocycles. The van der Waals surface area contributed by atoms with Gasteiger partial charge >= 0.3 is 5.97 Å². The zero-order chi connectivity index (χ0) is 18.2. The van der Waals surface area contributed by atoms with Crippen LogP contribution >= 0.6 is 0 Å². The highest BCUT2D eigenvalue weighted by Crippen LogP contribution is 2.05. The lowest BCUT2D eigenvalue weighted by Gasteiger charge is -2.01. The van der Waals surface area contributed by atoms with Crippen LogP contribution < -0.4 is 4.57 Å². The van der Waals surface area contributed by atoms with Crippen molar-refractivity contribution in [2.75, 3.05) is 6.61 Å². The van der Waals surface area contributed by atoms with Crippen LogP contribution in [0.1, 0.15) is 83.6 Å². The van der Waals surface area contributed by atoms with Crippen molar-refractivity contribution in [1.29, 1.82) is 0 Å². The summed E-state index contributed by atoms with van der Waals surface area (Å²) >= 11 is 0. The van der Waals surface area contributed by atoms with Crippen LogP contribution in [0.15, 0.2) is 30.6 Å². The quantitative estimate of drug-likeness (QED) is 0.193. The van der Waals surface area contributed by atoms with Crippen molar-refractivity contribution in [3.63, 3.8) is 0 Å². The van der Waals surface area contributed by atoms with E-state index in [0.29, 0.717) is 6.61 Å². The molecule has 0 radical (unpaired) electrons. The number of hydrogen-bond acceptors (Lipinski definition) is 2. The zero-order valence-electron chi connectivity index (χ0n) is 16.2. The number of unbranched alkanes of at least 4 members (excludes halogenated alkanes) is 8. The number of rotatable bonds is 14. The molecule has 0 fully saturated rings. The Labute approximate surface area is 154 Å². The summed E-state index contributed by atoms with van der Waals surface area (Å²) in [6.07, 6.45) is 19.9. The van der Waals surface area contributed by atoms with Crippen molar-refractivity contribution in [1.82, 2.24) is 0 Å². The second-order valence-electron chi connectivity index (χ2n) is 6.70. The summed E-state index contributed by atoms with van der Waals surface area (Å²) in [4.78, 5) is 11.7. The zero-order valence-corrected chi connectivity index (χ0v) is 16.2. The van der Waals surface area contributed by atoms with Crippen LogP contribution in [0.2, 0.25) is 0 Å². The first kappa shape index (κ1) is 21.4. The number of nitrogens with zero attached hydrogens (tertiary/aromatic N) is 1. The van der Waals surface area contributed by atoms with Crippen LogP contribution in [0.3, 0.4) is 0 Å². The molecule has 0 saturated carbocycles. The fraction of sp³-hybridized carbons (Fsp3) is 0.636. The Morgan fingerprint density at radius 2 is 1.68 bits per heavy atom. The van der Waals surface area contributed by atoms with Gasteiger partial charge < -0.3 is 4.74 Å². The number of aromatic nitrogens is 1. The predicted molar refractivity (Wildman–Crippen MR) is 104 cm³/mol. The van der Waals surface area contributed by atoms with E-state index in [1.807, 2.05) is 18.2 Å². The van der Waals surface area contributed by atoms with Gasteiger partial charge in [-0.2, -0.15) is 0 Å². The first-order chi connectivity index (χ1) is 12.3. The van der Waals surface area contributed by atoms with Gasteiger partial charge in [0.25, 0.3) is 0 Å². The molecule has 0 atom stereocenters. The van der Waals surface area contributed by atoms with Gasteiger partial charge in [0.15, 0.2) is 12.4 Å². The van der Waals surface area contributed by atoms with Crippen molar-refractivity contribution >= 4 is 12.0 Å². The Morgan fingerprint density at radius 1 is 1.00 bits per heavy atom. The van der Waals surface area contributed by atoms with Crippen LogP contribution in [0.25, 0.3) is 6.08 Å². The molecule has 3 nitrogen and oxygen atoms in total. The fourth-order valence-electron chi connectivity index (χ4n) is 2.77. The fourth-order valence-corrected chi connectivity index (χ4v) is 2.77. The van der Waals surface area contributed by atoms with Crippen molar-refractivity contribution in [2.45, 2.75) is 84.6 Å². The third kappa shape index (κ3) is 11.5. The Bertz CT molecular complexity index is 497. The molecule has 140 valence electrons. The van der Waals surface area contributed by atoms with Crippen molar-refractivity contribution in [3.05, 3.63) is 36.2 Å². The molecule has 0 amide bonds. The number of esters is 1. The molecular formula is C22H36NO2+. The molecule has 0 aliphatic rings. The lowest BCUT2D eigenvalue weighted by atomic mass is 10.1. The van der Waals surface area contributed by atoms with E-state index >= 15 is 0 Å². The van der Waals surface area contributed by atoms with Gasteiger partial charge in [-0.1, -0.05) is 58.8 Å². The standard InChI is InChI=1S/C22H36NO2/c1-3-5-7-9-10-11-17-23-18-13-14-21(20-23)15-16-22(24)25-19-12-8-6-4-2/h13-16,18,20H,3-12,17,19H2,1-2H3/q+1/b16-15+. The summed E-state index contributed by atoms with van der Waals surface area (Å²) in [5, 5.41) is 0. The molecule has 0 aromatic carbocycles. The van der Waals surface area contributed by atoms with Gasteiger partial charge in [-0.3, -0.25) is 0 Å². The number of hydrogen-bond donors (Lipinski definition) is 0. The summed E-state index contributed by atoms with van der Waals surface area (Å²) in [6, 6.07) is 4.05. The first-order valence-electron chi connectivity index (χ1n) is 10.1. The van der Waals surface area contributed by atoms with E-state index in [4.69, 9.17) is 4.74 Å². The minimum absolute atomic E-state index is 0.247. The molecule has 0 spiro atoms. The predicted octanol–water partition coefficient (Wildman–Crippen LogP) is 5.47. The van der Waals surface area contributed by atoms with Crippen molar-refractivity contribution < 1.29 is 14.1 Å². The molecule has 1 heterocycles. The van der Waals surface area contributed by atoms with Gasteiger partial charge in [-0.25, -0.2) is 9.36 Å². The minimum Gasteiger partial charge on any atom is -0.463 e. The molecule has 0 N–H and O–H groups in total. The topological polar surface area (TPSA) is 30.2 Å². The van der Waals surface area contributed by atoms with E-state index in [1.54, 1.807) is 0 Å². The summed E-state index contributed by atoms with van der Waals surface area (Å²) < 4.78 is 7.42. The number of ether oxygens (including phenoxy) is 1. The molecule has 0 unspecified atom stereocenters. The lowest BCUT2D eigenvalue weighted by Crippen LogP contribution is -2.32. The number of carbonyl (C=O) groups is 1. The Hall–Kier alpha value is -1.64. The van der Waals surface area contributed by atoms with Gasteiger partial charge in [0.05, 0.1) is 6.61 Å². The molecule has 3 heteroatoms. The van der Waals surface area contributed by atoms with Gasteiger partial charge in [-0.05, 0) is 25.0 Å². The molecule has 0 saturated heterocycles. The summed E-state index contributed by atoms with van der Waals surface area (Å²) in [5.74, 6) is -0.247. The third-order valence-electron chi connectivity index (χ3n) is 4.31. The summed E-state index contributed by atoms with van der Waals surface area (Å²) in [6.45, 7) is 5.98. The maximum atomic E-state index is 11.7. The number of aryl methyl sites for hydroxylation is 1. The molecule has 25 heavy (non-hydrogen) atoms. The summed E-state index contributed by atoms with van der Waals surface area (Å²) in [5.41, 5.74) is 1.04. The molecule has 1 aromatic rings. The van der Waals surface area contributed by atoms with Gasteiger partial charge in [0.2, 0.25) is 0 Å². The molecule has 1 aromatic heterocycles. The molecule has 1 rings (SSSR count). The Balaban J connectivity index is 2.27. The second kappa shape index (κ2) is 14.7. The maximum absolute atomic E-state index is 11.7. The van der Waals surface area contributed by atoms with Crippen LogP contribution in [0, 0.1) is 0 Å². The second-order valence-corrected chi connectivity index (χ2v) is 6.70. The van der Waals surface area contributed by atoms with E-state index in [2.05, 4.69) is 30.8 Å². The van der Waals surface area contributed by atoms with Crippen LogP contribution in [-0.4, -0.2) is 12.6 Å². The number of pyridine rings is 1. The molecule has 0 bridgehead atoms. The first-order valence-corrected chi connectivity index (χ1v) is 10.1. The van der Waals surface area contributed by atoms with E-state index < -0.39 is 0 Å². The normalized spacial score (nSPS) is 11.1. The largest absolute Gasteiger partial charge is 0.463 e. The Morgan fingerprint density at radius 3 is 2.44 bits per heavy atom. The summed E-state index contributed by atoms with van der Waals surface area (Å²) in [7, 11) is 0. The van der Waals surface area contributed by atoms with E-state index in [0.717, 1.165) is 24.9 Å². The van der Waals surface area contributed by atoms with Crippen LogP contribution in [0.4, 0.5) is 0 Å². The minimum atomic E-state index is -0.247. The van der Waals surface area contributed by atoms with Gasteiger partial charge in [0.1, 0.15) is 6.54 Å². The van der Waals surface area contributed by atoms with Crippen LogP contribution in [-0.2, 0) is 16.1 Å². The van der Waals surface area contributed by atoms with Crippen LogP contribution in [0.5, 0.6) is 0 Å². The van der Waals surface area contributed by atoms with E-state index in [9.17, 15) is 4.79 Å². The lowest BCUT2D eigenvalue weighted by molar-refractivity contribution is -0.697. The average molecular weight is 347 g/mol. The van der Waals surface area contributed by atoms with Crippen molar-refractivity contribution in [3.8, 4) is 0 Å². The highest BCUT2D eigenvalue weighted by molar-refractivity contribution is 5.86. The van der Waals surface area contributed by atoms with Crippen molar-refractivity contribution in [2.24, 2.45) is 0 Å². The van der Waals surface area contributed by atoms with Gasteiger partial charge in [-0.15, -0.1) is 0 Å². The van der Waals surface area contributed by atoms with E-state index in [-0.39, 0.29) is 5.97 Å². The SMILES string of the molecule is CCCCCCCC[n+]1cccc(/C=C/C(=O)OCCCCCC)c1. The monoisotopic (exact) mass is 346 g/mol. The highest BCUT2D eigenvalue weighted by Gasteiger charge is 2.02.